The Bertz CT molecular complexity index is 361. The van der Waals surface area contributed by atoms with Crippen molar-refractivity contribution in [2.24, 2.45) is 35.0 Å². The minimum Gasteiger partial charge on any atom is -0.0651 e. The molecule has 1 unspecified atom stereocenters. The van der Waals surface area contributed by atoms with Crippen LogP contribution in [0.4, 0.5) is 0 Å². The molecule has 0 radical (unpaired) electrons. The molecule has 0 heteroatoms. The van der Waals surface area contributed by atoms with Crippen LogP contribution < -0.4 is 0 Å². The van der Waals surface area contributed by atoms with E-state index < -0.39 is 0 Å². The molecule has 144 valence electrons. The molecule has 0 aliphatic heterocycles. The normalized spacial score (nSPS) is 41.9. The van der Waals surface area contributed by atoms with Crippen LogP contribution in [0.25, 0.3) is 0 Å². The molecule has 0 spiro atoms. The van der Waals surface area contributed by atoms with E-state index in [2.05, 4.69) is 6.92 Å². The quantitative estimate of drug-likeness (QED) is 0.484. The highest BCUT2D eigenvalue weighted by atomic mass is 14.6. The Labute approximate surface area is 157 Å². The van der Waals surface area contributed by atoms with Crippen LogP contribution in [-0.2, 0) is 0 Å². The van der Waals surface area contributed by atoms with Gasteiger partial charge in [0.25, 0.3) is 0 Å². The molecule has 0 aromatic rings. The minimum atomic E-state index is 0.797. The minimum absolute atomic E-state index is 0.797. The van der Waals surface area contributed by atoms with Gasteiger partial charge in [-0.05, 0) is 73.5 Å². The lowest BCUT2D eigenvalue weighted by Crippen LogP contribution is -2.51. The van der Waals surface area contributed by atoms with Crippen molar-refractivity contribution in [3.8, 4) is 0 Å². The number of rotatable bonds is 3. The fraction of sp³-hybridized carbons (Fsp3) is 1.00. The second-order valence-electron chi connectivity index (χ2n) is 10.8. The van der Waals surface area contributed by atoms with E-state index >= 15 is 0 Å². The first-order valence-electron chi connectivity index (χ1n) is 12.3. The number of hydrogen-bond donors (Lipinski definition) is 0. The van der Waals surface area contributed by atoms with Crippen LogP contribution in [0.3, 0.4) is 0 Å². The van der Waals surface area contributed by atoms with Gasteiger partial charge in [0.1, 0.15) is 0 Å². The third kappa shape index (κ3) is 4.14. The molecule has 5 aliphatic carbocycles. The zero-order valence-corrected chi connectivity index (χ0v) is 17.1. The SMILES string of the molecule is CCC(C1CCCCCCCCCCC1)C12CC3CC(CC(C3)C1)C2. The second kappa shape index (κ2) is 8.35. The summed E-state index contributed by atoms with van der Waals surface area (Å²) in [7, 11) is 0. The summed E-state index contributed by atoms with van der Waals surface area (Å²) in [5.74, 6) is 5.54. The molecular weight excluding hydrogens is 300 g/mol. The average molecular weight is 345 g/mol. The highest BCUT2D eigenvalue weighted by molar-refractivity contribution is 5.04. The summed E-state index contributed by atoms with van der Waals surface area (Å²) in [5.41, 5.74) is 0.797. The molecule has 0 nitrogen and oxygen atoms in total. The van der Waals surface area contributed by atoms with E-state index in [4.69, 9.17) is 0 Å². The van der Waals surface area contributed by atoms with Gasteiger partial charge in [0.2, 0.25) is 0 Å². The Morgan fingerprint density at radius 2 is 1.04 bits per heavy atom. The molecule has 5 aliphatic rings. The van der Waals surface area contributed by atoms with Gasteiger partial charge in [-0.15, -0.1) is 0 Å². The Balaban J connectivity index is 1.45. The summed E-state index contributed by atoms with van der Waals surface area (Å²) in [4.78, 5) is 0. The monoisotopic (exact) mass is 344 g/mol. The fourth-order valence-corrected chi connectivity index (χ4v) is 8.50. The first-order valence-corrected chi connectivity index (χ1v) is 12.3. The maximum atomic E-state index is 2.55. The molecule has 0 N–H and O–H groups in total. The van der Waals surface area contributed by atoms with E-state index in [1.165, 1.54) is 64.2 Å². The average Bonchev–Trinajstić information content (AvgIpc) is 2.56. The molecular formula is C25H44. The molecule has 4 bridgehead atoms. The Kier molecular flexibility index (Phi) is 6.13. The van der Waals surface area contributed by atoms with Crippen molar-refractivity contribution in [3.05, 3.63) is 0 Å². The molecule has 0 aromatic carbocycles. The second-order valence-corrected chi connectivity index (χ2v) is 10.8. The first kappa shape index (κ1) is 18.4. The molecule has 1 atom stereocenters. The summed E-state index contributed by atoms with van der Waals surface area (Å²) >= 11 is 0. The summed E-state index contributed by atoms with van der Waals surface area (Å²) in [6, 6.07) is 0. The molecule has 5 saturated carbocycles. The van der Waals surface area contributed by atoms with Gasteiger partial charge in [-0.25, -0.2) is 0 Å². The highest BCUT2D eigenvalue weighted by Gasteiger charge is 2.54. The zero-order valence-electron chi connectivity index (χ0n) is 17.1. The molecule has 25 heavy (non-hydrogen) atoms. The summed E-state index contributed by atoms with van der Waals surface area (Å²) < 4.78 is 0. The summed E-state index contributed by atoms with van der Waals surface area (Å²) in [6.07, 6.45) is 28.0. The highest BCUT2D eigenvalue weighted by Crippen LogP contribution is 2.64. The summed E-state index contributed by atoms with van der Waals surface area (Å²) in [6.45, 7) is 2.55. The maximum Gasteiger partial charge on any atom is -0.0259 e. The van der Waals surface area contributed by atoms with Crippen LogP contribution >= 0.6 is 0 Å². The van der Waals surface area contributed by atoms with E-state index in [0.717, 1.165) is 35.0 Å². The van der Waals surface area contributed by atoms with Gasteiger partial charge in [-0.2, -0.15) is 0 Å². The molecule has 0 saturated heterocycles. The third-order valence-electron chi connectivity index (χ3n) is 9.03. The van der Waals surface area contributed by atoms with Gasteiger partial charge >= 0.3 is 0 Å². The largest absolute Gasteiger partial charge is 0.0651 e. The van der Waals surface area contributed by atoms with Gasteiger partial charge in [0.05, 0.1) is 0 Å². The van der Waals surface area contributed by atoms with Crippen LogP contribution in [0.15, 0.2) is 0 Å². The van der Waals surface area contributed by atoms with Crippen LogP contribution in [-0.4, -0.2) is 0 Å². The Morgan fingerprint density at radius 3 is 1.44 bits per heavy atom. The molecule has 5 fully saturated rings. The fourth-order valence-electron chi connectivity index (χ4n) is 8.50. The van der Waals surface area contributed by atoms with E-state index in [1.54, 1.807) is 51.4 Å². The Hall–Kier alpha value is 0. The van der Waals surface area contributed by atoms with Crippen molar-refractivity contribution in [1.29, 1.82) is 0 Å². The van der Waals surface area contributed by atoms with E-state index in [-0.39, 0.29) is 0 Å². The van der Waals surface area contributed by atoms with Gasteiger partial charge in [0.15, 0.2) is 0 Å². The first-order chi connectivity index (χ1) is 12.3. The van der Waals surface area contributed by atoms with Gasteiger partial charge < -0.3 is 0 Å². The lowest BCUT2D eigenvalue weighted by atomic mass is 9.44. The number of hydrogen-bond acceptors (Lipinski definition) is 0. The third-order valence-corrected chi connectivity index (χ3v) is 9.03. The predicted octanol–water partition coefficient (Wildman–Crippen LogP) is 8.15. The Morgan fingerprint density at radius 1 is 0.640 bits per heavy atom. The summed E-state index contributed by atoms with van der Waals surface area (Å²) in [5, 5.41) is 0. The van der Waals surface area contributed by atoms with Gasteiger partial charge in [0, 0.05) is 0 Å². The van der Waals surface area contributed by atoms with Crippen molar-refractivity contribution in [1.82, 2.24) is 0 Å². The molecule has 0 aromatic heterocycles. The van der Waals surface area contributed by atoms with E-state index in [0.29, 0.717) is 0 Å². The van der Waals surface area contributed by atoms with Crippen molar-refractivity contribution in [2.45, 2.75) is 122 Å². The van der Waals surface area contributed by atoms with Crippen molar-refractivity contribution in [3.63, 3.8) is 0 Å². The van der Waals surface area contributed by atoms with E-state index in [1.807, 2.05) is 0 Å². The van der Waals surface area contributed by atoms with Crippen LogP contribution in [0.5, 0.6) is 0 Å². The standard InChI is InChI=1S/C25H44/c1-2-24(23-12-10-8-6-4-3-5-7-9-11-13-23)25-17-20-14-21(18-25)16-22(15-20)19-25/h20-24H,2-19H2,1H3. The lowest BCUT2D eigenvalue weighted by Gasteiger charge is -2.61. The lowest BCUT2D eigenvalue weighted by molar-refractivity contribution is -0.104. The topological polar surface area (TPSA) is 0 Å². The maximum absolute atomic E-state index is 2.55. The van der Waals surface area contributed by atoms with E-state index in [9.17, 15) is 0 Å². The molecule has 0 amide bonds. The van der Waals surface area contributed by atoms with Gasteiger partial charge in [-0.1, -0.05) is 84.0 Å². The molecule has 5 rings (SSSR count). The van der Waals surface area contributed by atoms with Crippen LogP contribution in [0.2, 0.25) is 0 Å². The predicted molar refractivity (Wildman–Crippen MR) is 109 cm³/mol. The van der Waals surface area contributed by atoms with Crippen molar-refractivity contribution < 1.29 is 0 Å². The van der Waals surface area contributed by atoms with Crippen LogP contribution in [0.1, 0.15) is 122 Å². The van der Waals surface area contributed by atoms with Gasteiger partial charge in [-0.3, -0.25) is 0 Å². The smallest absolute Gasteiger partial charge is 0.0259 e. The molecule has 0 heterocycles. The zero-order chi connectivity index (χ0) is 17.1. The van der Waals surface area contributed by atoms with Crippen molar-refractivity contribution in [2.75, 3.05) is 0 Å². The van der Waals surface area contributed by atoms with Crippen LogP contribution in [0, 0.1) is 35.0 Å². The van der Waals surface area contributed by atoms with Crippen molar-refractivity contribution >= 4 is 0 Å².